The highest BCUT2D eigenvalue weighted by Crippen LogP contribution is 2.19. The Kier molecular flexibility index (Phi) is 7.04. The van der Waals surface area contributed by atoms with Gasteiger partial charge in [0.25, 0.3) is 5.91 Å². The van der Waals surface area contributed by atoms with Gasteiger partial charge in [0.15, 0.2) is 0 Å². The molecule has 3 rings (SSSR count). The lowest BCUT2D eigenvalue weighted by Crippen LogP contribution is -2.23. The fourth-order valence-corrected chi connectivity index (χ4v) is 3.47. The average molecular weight is 412 g/mol. The SMILES string of the molecule is C=CCN(Cc1nnc(C(=O)Nc2ccc(OC)cc2)s1)Cc1ccccc1F. The van der Waals surface area contributed by atoms with E-state index in [0.717, 1.165) is 0 Å². The summed E-state index contributed by atoms with van der Waals surface area (Å²) in [4.78, 5) is 14.4. The first-order valence-electron chi connectivity index (χ1n) is 8.93. The molecule has 6 nitrogen and oxygen atoms in total. The molecule has 0 spiro atoms. The minimum atomic E-state index is -0.330. The van der Waals surface area contributed by atoms with Crippen LogP contribution in [0.5, 0.6) is 5.75 Å². The van der Waals surface area contributed by atoms with Gasteiger partial charge in [-0.3, -0.25) is 9.69 Å². The van der Waals surface area contributed by atoms with Crippen molar-refractivity contribution < 1.29 is 13.9 Å². The van der Waals surface area contributed by atoms with Crippen molar-refractivity contribution >= 4 is 22.9 Å². The summed E-state index contributed by atoms with van der Waals surface area (Å²) in [6.07, 6.45) is 1.75. The van der Waals surface area contributed by atoms with E-state index in [2.05, 4.69) is 22.1 Å². The van der Waals surface area contributed by atoms with Crippen molar-refractivity contribution in [3.63, 3.8) is 0 Å². The summed E-state index contributed by atoms with van der Waals surface area (Å²) in [5, 5.41) is 11.8. The van der Waals surface area contributed by atoms with Crippen molar-refractivity contribution in [2.45, 2.75) is 13.1 Å². The number of methoxy groups -OCH3 is 1. The maximum atomic E-state index is 14.0. The third kappa shape index (κ3) is 5.69. The second-order valence-electron chi connectivity index (χ2n) is 6.23. The van der Waals surface area contributed by atoms with E-state index in [1.165, 1.54) is 17.4 Å². The number of anilines is 1. The van der Waals surface area contributed by atoms with Gasteiger partial charge in [-0.2, -0.15) is 0 Å². The van der Waals surface area contributed by atoms with E-state index in [0.29, 0.717) is 41.6 Å². The topological polar surface area (TPSA) is 67.4 Å². The quantitative estimate of drug-likeness (QED) is 0.536. The Balaban J connectivity index is 1.64. The van der Waals surface area contributed by atoms with Gasteiger partial charge in [-0.1, -0.05) is 35.6 Å². The Hall–Kier alpha value is -3.10. The zero-order chi connectivity index (χ0) is 20.6. The maximum Gasteiger partial charge on any atom is 0.286 e. The Morgan fingerprint density at radius 2 is 1.97 bits per heavy atom. The molecule has 1 amide bonds. The highest BCUT2D eigenvalue weighted by molar-refractivity contribution is 7.13. The van der Waals surface area contributed by atoms with Crippen molar-refractivity contribution in [2.75, 3.05) is 19.0 Å². The smallest absolute Gasteiger partial charge is 0.286 e. The van der Waals surface area contributed by atoms with Crippen LogP contribution in [0.4, 0.5) is 10.1 Å². The number of nitrogens with zero attached hydrogens (tertiary/aromatic N) is 3. The Morgan fingerprint density at radius 1 is 1.21 bits per heavy atom. The number of halogens is 1. The molecule has 0 aliphatic rings. The summed E-state index contributed by atoms with van der Waals surface area (Å²) in [6, 6.07) is 13.7. The minimum absolute atomic E-state index is 0.251. The average Bonchev–Trinajstić information content (AvgIpc) is 3.19. The molecule has 1 aromatic heterocycles. The number of carbonyl (C=O) groups is 1. The van der Waals surface area contributed by atoms with Crippen molar-refractivity contribution in [3.8, 4) is 5.75 Å². The molecule has 150 valence electrons. The number of ether oxygens (including phenoxy) is 1. The monoisotopic (exact) mass is 412 g/mol. The van der Waals surface area contributed by atoms with Crippen LogP contribution in [-0.4, -0.2) is 34.7 Å². The van der Waals surface area contributed by atoms with Gasteiger partial charge in [-0.25, -0.2) is 4.39 Å². The van der Waals surface area contributed by atoms with Gasteiger partial charge >= 0.3 is 0 Å². The Bertz CT molecular complexity index is 975. The molecule has 1 heterocycles. The third-order valence-corrected chi connectivity index (χ3v) is 5.01. The number of hydrogen-bond donors (Lipinski definition) is 1. The van der Waals surface area contributed by atoms with Crippen LogP contribution in [0.25, 0.3) is 0 Å². The largest absolute Gasteiger partial charge is 0.497 e. The molecular weight excluding hydrogens is 391 g/mol. The molecular formula is C21H21FN4O2S. The van der Waals surface area contributed by atoms with Crippen molar-refractivity contribution in [3.05, 3.63) is 82.6 Å². The van der Waals surface area contributed by atoms with Crippen LogP contribution in [0.15, 0.2) is 61.2 Å². The summed E-state index contributed by atoms with van der Waals surface area (Å²) >= 11 is 1.21. The molecule has 2 aromatic carbocycles. The highest BCUT2D eigenvalue weighted by atomic mass is 32.1. The molecule has 0 aliphatic carbocycles. The predicted octanol–water partition coefficient (Wildman–Crippen LogP) is 4.13. The van der Waals surface area contributed by atoms with Crippen LogP contribution >= 0.6 is 11.3 Å². The molecule has 0 saturated carbocycles. The van der Waals surface area contributed by atoms with Crippen LogP contribution < -0.4 is 10.1 Å². The second-order valence-corrected chi connectivity index (χ2v) is 7.30. The number of amides is 1. The van der Waals surface area contributed by atoms with Gasteiger partial charge < -0.3 is 10.1 Å². The standard InChI is InChI=1S/C21H21FN4O2S/c1-3-12-26(13-15-6-4-5-7-18(15)22)14-19-24-25-21(29-19)20(27)23-16-8-10-17(28-2)11-9-16/h3-11H,1,12-14H2,2H3,(H,23,27). The Labute approximate surface area is 172 Å². The van der Waals surface area contributed by atoms with Gasteiger partial charge in [-0.05, 0) is 30.3 Å². The minimum Gasteiger partial charge on any atom is -0.497 e. The van der Waals surface area contributed by atoms with Crippen LogP contribution in [0.3, 0.4) is 0 Å². The molecule has 1 N–H and O–H groups in total. The van der Waals surface area contributed by atoms with Crippen molar-refractivity contribution in [1.29, 1.82) is 0 Å². The van der Waals surface area contributed by atoms with Gasteiger partial charge in [0.05, 0.1) is 13.7 Å². The highest BCUT2D eigenvalue weighted by Gasteiger charge is 2.16. The van der Waals surface area contributed by atoms with Gasteiger partial charge in [0, 0.05) is 24.3 Å². The molecule has 29 heavy (non-hydrogen) atoms. The normalized spacial score (nSPS) is 10.7. The third-order valence-electron chi connectivity index (χ3n) is 4.11. The molecule has 3 aromatic rings. The molecule has 0 unspecified atom stereocenters. The number of carbonyl (C=O) groups excluding carboxylic acids is 1. The number of nitrogens with one attached hydrogen (secondary N) is 1. The second kappa shape index (κ2) is 9.90. The molecule has 0 fully saturated rings. The summed E-state index contributed by atoms with van der Waals surface area (Å²) in [7, 11) is 1.58. The lowest BCUT2D eigenvalue weighted by Gasteiger charge is -2.19. The first-order chi connectivity index (χ1) is 14.1. The molecule has 0 saturated heterocycles. The summed E-state index contributed by atoms with van der Waals surface area (Å²) in [6.45, 7) is 5.16. The zero-order valence-electron chi connectivity index (χ0n) is 16.0. The molecule has 0 aliphatic heterocycles. The summed E-state index contributed by atoms with van der Waals surface area (Å²) in [5.74, 6) is 0.125. The number of rotatable bonds is 9. The van der Waals surface area contributed by atoms with E-state index in [1.807, 2.05) is 4.90 Å². The summed E-state index contributed by atoms with van der Waals surface area (Å²) < 4.78 is 19.1. The fraction of sp³-hybridized carbons (Fsp3) is 0.190. The van der Waals surface area contributed by atoms with Crippen LogP contribution in [0, 0.1) is 5.82 Å². The van der Waals surface area contributed by atoms with Gasteiger partial charge in [-0.15, -0.1) is 16.8 Å². The Morgan fingerprint density at radius 3 is 2.66 bits per heavy atom. The van der Waals surface area contributed by atoms with Crippen LogP contribution in [0.1, 0.15) is 20.4 Å². The van der Waals surface area contributed by atoms with E-state index < -0.39 is 0 Å². The van der Waals surface area contributed by atoms with Crippen molar-refractivity contribution in [1.82, 2.24) is 15.1 Å². The summed E-state index contributed by atoms with van der Waals surface area (Å²) in [5.41, 5.74) is 1.23. The van der Waals surface area contributed by atoms with E-state index in [-0.39, 0.29) is 16.7 Å². The van der Waals surface area contributed by atoms with E-state index >= 15 is 0 Å². The van der Waals surface area contributed by atoms with E-state index in [1.54, 1.807) is 55.7 Å². The van der Waals surface area contributed by atoms with Crippen LogP contribution in [0.2, 0.25) is 0 Å². The number of benzene rings is 2. The van der Waals surface area contributed by atoms with E-state index in [4.69, 9.17) is 4.74 Å². The predicted molar refractivity (Wildman–Crippen MR) is 112 cm³/mol. The number of hydrogen-bond acceptors (Lipinski definition) is 6. The molecule has 0 atom stereocenters. The number of aromatic nitrogens is 2. The lowest BCUT2D eigenvalue weighted by atomic mass is 10.2. The fourth-order valence-electron chi connectivity index (χ4n) is 2.69. The van der Waals surface area contributed by atoms with Gasteiger partial charge in [0.2, 0.25) is 5.01 Å². The van der Waals surface area contributed by atoms with E-state index in [9.17, 15) is 9.18 Å². The lowest BCUT2D eigenvalue weighted by molar-refractivity contribution is 0.102. The van der Waals surface area contributed by atoms with Gasteiger partial charge in [0.1, 0.15) is 16.6 Å². The van der Waals surface area contributed by atoms with Crippen molar-refractivity contribution in [2.24, 2.45) is 0 Å². The first-order valence-corrected chi connectivity index (χ1v) is 9.75. The first kappa shape index (κ1) is 20.6. The van der Waals surface area contributed by atoms with Crippen LogP contribution in [-0.2, 0) is 13.1 Å². The maximum absolute atomic E-state index is 14.0. The zero-order valence-corrected chi connectivity index (χ0v) is 16.8. The molecule has 8 heteroatoms. The molecule has 0 radical (unpaired) electrons. The molecule has 0 bridgehead atoms.